The van der Waals surface area contributed by atoms with Crippen LogP contribution in [0.1, 0.15) is 43.9 Å². The van der Waals surface area contributed by atoms with Crippen molar-refractivity contribution in [2.24, 2.45) is 0 Å². The van der Waals surface area contributed by atoms with E-state index in [1.807, 2.05) is 6.07 Å². The van der Waals surface area contributed by atoms with Gasteiger partial charge in [0.25, 0.3) is 0 Å². The Hall–Kier alpha value is -2.92. The van der Waals surface area contributed by atoms with Crippen molar-refractivity contribution in [3.8, 4) is 0 Å². The van der Waals surface area contributed by atoms with Gasteiger partial charge in [0, 0.05) is 50.7 Å². The molecule has 2 aliphatic heterocycles. The highest BCUT2D eigenvalue weighted by Gasteiger charge is 2.49. The Kier molecular flexibility index (Phi) is 7.02. The summed E-state index contributed by atoms with van der Waals surface area (Å²) in [6, 6.07) is 10.5. The van der Waals surface area contributed by atoms with Gasteiger partial charge in [-0.05, 0) is 45.3 Å². The highest BCUT2D eigenvalue weighted by atomic mass is 19.4. The van der Waals surface area contributed by atoms with Crippen molar-refractivity contribution >= 4 is 17.5 Å². The van der Waals surface area contributed by atoms with Gasteiger partial charge in [-0.3, -0.25) is 15.0 Å². The van der Waals surface area contributed by atoms with E-state index in [-0.39, 0.29) is 28.6 Å². The second-order valence-corrected chi connectivity index (χ2v) is 11.0. The molecule has 0 unspecified atom stereocenters. The Morgan fingerprint density at radius 1 is 1.00 bits per heavy atom. The van der Waals surface area contributed by atoms with Crippen LogP contribution in [0.15, 0.2) is 36.5 Å². The number of piperazine rings is 1. The molecule has 0 radical (unpaired) electrons. The van der Waals surface area contributed by atoms with Gasteiger partial charge in [0.15, 0.2) is 5.69 Å². The number of anilines is 2. The van der Waals surface area contributed by atoms with Crippen LogP contribution in [0.25, 0.3) is 0 Å². The van der Waals surface area contributed by atoms with Crippen LogP contribution in [0, 0.1) is 0 Å². The molecule has 1 spiro atoms. The predicted molar refractivity (Wildman–Crippen MR) is 140 cm³/mol. The van der Waals surface area contributed by atoms with Crippen LogP contribution in [-0.2, 0) is 16.5 Å². The smallest absolute Gasteiger partial charge is 0.354 e. The Morgan fingerprint density at radius 3 is 2.24 bits per heavy atom. The first-order valence-corrected chi connectivity index (χ1v) is 13.2. The maximum absolute atomic E-state index is 14.2. The molecule has 206 valence electrons. The lowest BCUT2D eigenvalue weighted by molar-refractivity contribution is -0.140. The van der Waals surface area contributed by atoms with Gasteiger partial charge in [-0.15, -0.1) is 0 Å². The summed E-state index contributed by atoms with van der Waals surface area (Å²) < 4.78 is 42.6. The molecule has 3 fully saturated rings. The number of hydrogen-bond acceptors (Lipinski definition) is 7. The van der Waals surface area contributed by atoms with Gasteiger partial charge in [-0.25, -0.2) is 9.97 Å². The predicted octanol–water partition coefficient (Wildman–Crippen LogP) is 3.30. The molecule has 1 aliphatic carbocycles. The molecule has 1 amide bonds. The quantitative estimate of drug-likeness (QED) is 0.650. The van der Waals surface area contributed by atoms with E-state index in [0.717, 1.165) is 25.7 Å². The lowest BCUT2D eigenvalue weighted by Gasteiger charge is -2.49. The zero-order chi connectivity index (χ0) is 27.1. The summed E-state index contributed by atoms with van der Waals surface area (Å²) in [4.78, 5) is 27.4. The Bertz CT molecular complexity index is 1140. The number of nitrogens with zero attached hydrogens (tertiary/aromatic N) is 6. The Morgan fingerprint density at radius 2 is 1.66 bits per heavy atom. The number of carbonyl (C=O) groups excluding carboxylic acids is 1. The first-order valence-electron chi connectivity index (χ1n) is 13.2. The average molecular weight is 532 g/mol. The summed E-state index contributed by atoms with van der Waals surface area (Å²) in [6.45, 7) is 3.99. The maximum Gasteiger partial charge on any atom is 0.435 e. The van der Waals surface area contributed by atoms with Crippen molar-refractivity contribution in [3.05, 3.63) is 47.8 Å². The second-order valence-electron chi connectivity index (χ2n) is 11.0. The van der Waals surface area contributed by atoms with E-state index in [2.05, 4.69) is 58.5 Å². The topological polar surface area (TPSA) is 67.8 Å². The molecule has 2 saturated heterocycles. The van der Waals surface area contributed by atoms with E-state index in [4.69, 9.17) is 0 Å². The van der Waals surface area contributed by atoms with Gasteiger partial charge in [-0.1, -0.05) is 30.3 Å². The fourth-order valence-electron chi connectivity index (χ4n) is 6.31. The molecule has 3 heterocycles. The van der Waals surface area contributed by atoms with Crippen molar-refractivity contribution in [3.63, 3.8) is 0 Å². The van der Waals surface area contributed by atoms with E-state index < -0.39 is 11.9 Å². The molecule has 1 N–H and O–H groups in total. The maximum atomic E-state index is 14.2. The highest BCUT2D eigenvalue weighted by molar-refractivity contribution is 5.73. The molecular weight excluding hydrogens is 495 g/mol. The summed E-state index contributed by atoms with van der Waals surface area (Å²) in [7, 11) is 4.21. The van der Waals surface area contributed by atoms with Crippen LogP contribution in [0.4, 0.5) is 24.8 Å². The Balaban J connectivity index is 1.33. The molecule has 11 heteroatoms. The van der Waals surface area contributed by atoms with Crippen LogP contribution < -0.4 is 15.1 Å². The van der Waals surface area contributed by atoms with Gasteiger partial charge >= 0.3 is 6.18 Å². The van der Waals surface area contributed by atoms with Crippen molar-refractivity contribution < 1.29 is 18.0 Å². The molecule has 0 bridgehead atoms. The van der Waals surface area contributed by atoms with Crippen molar-refractivity contribution in [1.29, 1.82) is 0 Å². The fraction of sp³-hybridized carbons (Fsp3) is 0.593. The molecule has 2 aromatic rings. The highest BCUT2D eigenvalue weighted by Crippen LogP contribution is 2.47. The lowest BCUT2D eigenvalue weighted by atomic mass is 9.69. The second kappa shape index (κ2) is 10.00. The minimum atomic E-state index is -4.61. The SMILES string of the molecule is CC(=O)N1CCN(c2ncc(N3CN[C@]4(CC[C@@](c5ccccc5)(N(C)C)CC4)C3)c(C(F)(F)F)n2)CC1. The number of benzene rings is 1. The van der Waals surface area contributed by atoms with Crippen molar-refractivity contribution in [1.82, 2.24) is 25.1 Å². The van der Waals surface area contributed by atoms with Crippen molar-refractivity contribution in [2.45, 2.75) is 49.9 Å². The number of aromatic nitrogens is 2. The molecule has 5 rings (SSSR count). The fourth-order valence-corrected chi connectivity index (χ4v) is 6.31. The van der Waals surface area contributed by atoms with E-state index in [0.29, 0.717) is 39.4 Å². The zero-order valence-electron chi connectivity index (χ0n) is 22.3. The van der Waals surface area contributed by atoms with Gasteiger partial charge in [0.1, 0.15) is 0 Å². The molecule has 1 aromatic heterocycles. The minimum Gasteiger partial charge on any atom is -0.354 e. The summed E-state index contributed by atoms with van der Waals surface area (Å²) in [5.74, 6) is 0.0177. The third kappa shape index (κ3) is 4.93. The molecule has 1 aromatic carbocycles. The number of rotatable bonds is 4. The van der Waals surface area contributed by atoms with E-state index in [9.17, 15) is 18.0 Å². The standard InChI is InChI=1S/C27H36F3N7O/c1-20(38)35-13-15-36(16-14-35)24-31-17-22(23(33-24)27(28,29)30)37-18-25(32-19-37)9-11-26(12-10-25,34(2)3)21-7-5-4-6-8-21/h4-8,17,32H,9-16,18-19H2,1-3H3/t25-,26+. The van der Waals surface area contributed by atoms with Gasteiger partial charge in [0.05, 0.1) is 18.6 Å². The summed E-state index contributed by atoms with van der Waals surface area (Å²) in [5.41, 5.74) is 0.0511. The van der Waals surface area contributed by atoms with Crippen LogP contribution >= 0.6 is 0 Å². The van der Waals surface area contributed by atoms with Crippen LogP contribution in [0.5, 0.6) is 0 Å². The molecule has 8 nitrogen and oxygen atoms in total. The van der Waals surface area contributed by atoms with E-state index in [1.54, 1.807) is 14.7 Å². The monoisotopic (exact) mass is 531 g/mol. The third-order valence-electron chi connectivity index (χ3n) is 8.71. The zero-order valence-corrected chi connectivity index (χ0v) is 22.3. The van der Waals surface area contributed by atoms with E-state index >= 15 is 0 Å². The number of halogens is 3. The summed E-state index contributed by atoms with van der Waals surface area (Å²) >= 11 is 0. The molecule has 0 atom stereocenters. The number of amides is 1. The minimum absolute atomic E-state index is 0.0144. The average Bonchev–Trinajstić information content (AvgIpc) is 3.32. The summed E-state index contributed by atoms with van der Waals surface area (Å²) in [6.07, 6.45) is 0.260. The number of nitrogens with one attached hydrogen (secondary N) is 1. The van der Waals surface area contributed by atoms with E-state index in [1.165, 1.54) is 18.7 Å². The lowest BCUT2D eigenvalue weighted by Crippen LogP contribution is -2.53. The molecule has 38 heavy (non-hydrogen) atoms. The molecule has 1 saturated carbocycles. The normalized spacial score (nSPS) is 26.4. The van der Waals surface area contributed by atoms with Gasteiger partial charge < -0.3 is 14.7 Å². The summed E-state index contributed by atoms with van der Waals surface area (Å²) in [5, 5.41) is 3.56. The molecule has 3 aliphatic rings. The van der Waals surface area contributed by atoms with Crippen molar-refractivity contribution in [2.75, 3.05) is 63.3 Å². The van der Waals surface area contributed by atoms with Crippen LogP contribution in [-0.4, -0.2) is 84.7 Å². The van der Waals surface area contributed by atoms with Crippen LogP contribution in [0.3, 0.4) is 0 Å². The Labute approximate surface area is 221 Å². The van der Waals surface area contributed by atoms with Crippen LogP contribution in [0.2, 0.25) is 0 Å². The number of carbonyl (C=O) groups is 1. The first kappa shape index (κ1) is 26.7. The number of hydrogen-bond donors (Lipinski definition) is 1. The van der Waals surface area contributed by atoms with Gasteiger partial charge in [0.2, 0.25) is 11.9 Å². The first-order chi connectivity index (χ1) is 18.0. The molecular formula is C27H36F3N7O. The third-order valence-corrected chi connectivity index (χ3v) is 8.71. The number of alkyl halides is 3. The van der Waals surface area contributed by atoms with Gasteiger partial charge in [-0.2, -0.15) is 13.2 Å². The largest absolute Gasteiger partial charge is 0.435 e.